The van der Waals surface area contributed by atoms with Crippen molar-refractivity contribution in [3.63, 3.8) is 0 Å². The molecule has 20 heavy (non-hydrogen) atoms. The average molecular weight is 293 g/mol. The van der Waals surface area contributed by atoms with Crippen LogP contribution in [-0.2, 0) is 0 Å². The summed E-state index contributed by atoms with van der Waals surface area (Å²) in [5.41, 5.74) is 0.198. The molecule has 2 rings (SSSR count). The zero-order chi connectivity index (χ0) is 15.0. The van der Waals surface area contributed by atoms with E-state index in [1.54, 1.807) is 0 Å². The second-order valence-electron chi connectivity index (χ2n) is 7.37. The highest BCUT2D eigenvalue weighted by Gasteiger charge is 2.43. The number of hydrogen-bond donors (Lipinski definition) is 1. The molecule has 1 heterocycles. The van der Waals surface area contributed by atoms with Crippen molar-refractivity contribution in [2.75, 3.05) is 19.6 Å². The van der Waals surface area contributed by atoms with Crippen LogP contribution in [-0.4, -0.2) is 41.9 Å². The molecule has 1 aliphatic heterocycles. The number of rotatable bonds is 2. The molecule has 1 saturated carbocycles. The number of likely N-dealkylation sites (tertiary alicyclic amines) is 1. The quantitative estimate of drug-likeness (QED) is 0.843. The molecule has 0 radical (unpaired) electrons. The molecule has 0 amide bonds. The Morgan fingerprint density at radius 2 is 1.95 bits per heavy atom. The summed E-state index contributed by atoms with van der Waals surface area (Å²) in [5.74, 6) is -1.07. The molecule has 3 unspecified atom stereocenters. The maximum absolute atomic E-state index is 12.8. The lowest BCUT2D eigenvalue weighted by molar-refractivity contribution is -0.187. The molecule has 118 valence electrons. The van der Waals surface area contributed by atoms with Crippen molar-refractivity contribution in [2.45, 2.75) is 58.2 Å². The van der Waals surface area contributed by atoms with Gasteiger partial charge in [0.1, 0.15) is 0 Å². The van der Waals surface area contributed by atoms with Crippen molar-refractivity contribution in [1.29, 1.82) is 0 Å². The minimum Gasteiger partial charge on any atom is -0.393 e. The zero-order valence-electron chi connectivity index (χ0n) is 12.4. The Labute approximate surface area is 119 Å². The van der Waals surface area contributed by atoms with Crippen molar-refractivity contribution in [3.05, 3.63) is 0 Å². The summed E-state index contributed by atoms with van der Waals surface area (Å²) in [4.78, 5) is 1.91. The summed E-state index contributed by atoms with van der Waals surface area (Å²) in [5, 5.41) is 10.1. The van der Waals surface area contributed by atoms with Gasteiger partial charge in [0.25, 0.3) is 0 Å². The molecule has 1 saturated heterocycles. The van der Waals surface area contributed by atoms with Crippen LogP contribution in [0.15, 0.2) is 0 Å². The Hall–Kier alpha value is -0.290. The Kier molecular flexibility index (Phi) is 4.69. The molecule has 0 aromatic carbocycles. The first-order chi connectivity index (χ1) is 9.17. The number of nitrogens with zero attached hydrogens (tertiary/aromatic N) is 1. The summed E-state index contributed by atoms with van der Waals surface area (Å²) in [6.07, 6.45) is -0.904. The maximum Gasteiger partial charge on any atom is 0.393 e. The van der Waals surface area contributed by atoms with Gasteiger partial charge in [0.05, 0.1) is 12.0 Å². The lowest BCUT2D eigenvalue weighted by Gasteiger charge is -2.42. The molecule has 0 aromatic heterocycles. The molecule has 2 nitrogen and oxygen atoms in total. The van der Waals surface area contributed by atoms with Crippen LogP contribution in [0.25, 0.3) is 0 Å². The van der Waals surface area contributed by atoms with Gasteiger partial charge in [-0.25, -0.2) is 0 Å². The lowest BCUT2D eigenvalue weighted by Crippen LogP contribution is -2.47. The monoisotopic (exact) mass is 293 g/mol. The van der Waals surface area contributed by atoms with Crippen molar-refractivity contribution in [3.8, 4) is 0 Å². The van der Waals surface area contributed by atoms with E-state index in [2.05, 4.69) is 13.8 Å². The second-order valence-corrected chi connectivity index (χ2v) is 7.37. The fourth-order valence-electron chi connectivity index (χ4n) is 3.73. The standard InChI is InChI=1S/C15H26F3NO/c1-14(2)6-5-13(20)11(8-14)9-19-7-3-4-12(10-19)15(16,17)18/h11-13,20H,3-10H2,1-2H3. The van der Waals surface area contributed by atoms with Crippen LogP contribution >= 0.6 is 0 Å². The van der Waals surface area contributed by atoms with Gasteiger partial charge in [-0.2, -0.15) is 13.2 Å². The van der Waals surface area contributed by atoms with Gasteiger partial charge in [-0.1, -0.05) is 13.8 Å². The molecule has 0 bridgehead atoms. The molecular weight excluding hydrogens is 267 g/mol. The van der Waals surface area contributed by atoms with Crippen LogP contribution in [0.1, 0.15) is 46.0 Å². The SMILES string of the molecule is CC1(C)CCC(O)C(CN2CCCC(C(F)(F)F)C2)C1. The van der Waals surface area contributed by atoms with Crippen LogP contribution in [0.4, 0.5) is 13.2 Å². The largest absolute Gasteiger partial charge is 0.393 e. The third-order valence-electron chi connectivity index (χ3n) is 4.94. The number of halogens is 3. The van der Waals surface area contributed by atoms with Crippen LogP contribution < -0.4 is 0 Å². The molecular formula is C15H26F3NO. The third-order valence-corrected chi connectivity index (χ3v) is 4.94. The summed E-state index contributed by atoms with van der Waals surface area (Å²) < 4.78 is 38.5. The molecule has 0 spiro atoms. The topological polar surface area (TPSA) is 23.5 Å². The number of aliphatic hydroxyl groups is 1. The predicted octanol–water partition coefficient (Wildman–Crippen LogP) is 3.45. The van der Waals surface area contributed by atoms with Crippen molar-refractivity contribution in [2.24, 2.45) is 17.3 Å². The van der Waals surface area contributed by atoms with Gasteiger partial charge in [0, 0.05) is 13.1 Å². The van der Waals surface area contributed by atoms with Crippen LogP contribution in [0.5, 0.6) is 0 Å². The minimum atomic E-state index is -4.08. The van der Waals surface area contributed by atoms with Gasteiger partial charge in [0.2, 0.25) is 0 Å². The Balaban J connectivity index is 1.92. The van der Waals surface area contributed by atoms with Crippen molar-refractivity contribution in [1.82, 2.24) is 4.90 Å². The maximum atomic E-state index is 12.8. The number of alkyl halides is 3. The molecule has 0 aromatic rings. The van der Waals surface area contributed by atoms with Crippen molar-refractivity contribution >= 4 is 0 Å². The van der Waals surface area contributed by atoms with E-state index >= 15 is 0 Å². The highest BCUT2D eigenvalue weighted by atomic mass is 19.4. The number of aliphatic hydroxyl groups excluding tert-OH is 1. The molecule has 3 atom stereocenters. The average Bonchev–Trinajstić information content (AvgIpc) is 2.33. The summed E-state index contributed by atoms with van der Waals surface area (Å²) in [6, 6.07) is 0. The van der Waals surface area contributed by atoms with E-state index in [0.29, 0.717) is 13.0 Å². The smallest absolute Gasteiger partial charge is 0.393 e. The first kappa shape index (κ1) is 16.1. The predicted molar refractivity (Wildman–Crippen MR) is 72.3 cm³/mol. The molecule has 2 aliphatic rings. The zero-order valence-corrected chi connectivity index (χ0v) is 12.4. The van der Waals surface area contributed by atoms with E-state index in [9.17, 15) is 18.3 Å². The minimum absolute atomic E-state index is 0.104. The van der Waals surface area contributed by atoms with E-state index in [0.717, 1.165) is 25.8 Å². The molecule has 5 heteroatoms. The van der Waals surface area contributed by atoms with Gasteiger partial charge >= 0.3 is 6.18 Å². The van der Waals surface area contributed by atoms with Gasteiger partial charge in [0.15, 0.2) is 0 Å². The van der Waals surface area contributed by atoms with E-state index in [-0.39, 0.29) is 30.4 Å². The molecule has 2 fully saturated rings. The van der Waals surface area contributed by atoms with Gasteiger partial charge in [-0.05, 0) is 50.0 Å². The molecule has 1 aliphatic carbocycles. The van der Waals surface area contributed by atoms with Crippen molar-refractivity contribution < 1.29 is 18.3 Å². The summed E-state index contributed by atoms with van der Waals surface area (Å²) >= 11 is 0. The lowest BCUT2D eigenvalue weighted by atomic mass is 9.70. The normalized spacial score (nSPS) is 36.0. The van der Waals surface area contributed by atoms with Gasteiger partial charge in [-0.15, -0.1) is 0 Å². The van der Waals surface area contributed by atoms with E-state index in [4.69, 9.17) is 0 Å². The molecule has 1 N–H and O–H groups in total. The highest BCUT2D eigenvalue weighted by Crippen LogP contribution is 2.40. The second kappa shape index (κ2) is 5.84. The van der Waals surface area contributed by atoms with Crippen LogP contribution in [0, 0.1) is 17.3 Å². The van der Waals surface area contributed by atoms with E-state index in [1.807, 2.05) is 4.90 Å². The number of hydrogen-bond acceptors (Lipinski definition) is 2. The van der Waals surface area contributed by atoms with Crippen LogP contribution in [0.2, 0.25) is 0 Å². The fourth-order valence-corrected chi connectivity index (χ4v) is 3.73. The number of piperidine rings is 1. The third kappa shape index (κ3) is 4.10. The Bertz CT molecular complexity index is 330. The first-order valence-electron chi connectivity index (χ1n) is 7.64. The van der Waals surface area contributed by atoms with Gasteiger partial charge < -0.3 is 10.0 Å². The Morgan fingerprint density at radius 3 is 2.60 bits per heavy atom. The summed E-state index contributed by atoms with van der Waals surface area (Å²) in [6.45, 7) is 5.81. The Morgan fingerprint density at radius 1 is 1.25 bits per heavy atom. The summed E-state index contributed by atoms with van der Waals surface area (Å²) in [7, 11) is 0. The first-order valence-corrected chi connectivity index (χ1v) is 7.64. The fraction of sp³-hybridized carbons (Fsp3) is 1.00. The van der Waals surface area contributed by atoms with Crippen LogP contribution in [0.3, 0.4) is 0 Å². The van der Waals surface area contributed by atoms with Gasteiger partial charge in [-0.3, -0.25) is 0 Å². The van der Waals surface area contributed by atoms with E-state index in [1.165, 1.54) is 0 Å². The van der Waals surface area contributed by atoms with E-state index < -0.39 is 12.1 Å². The highest BCUT2D eigenvalue weighted by molar-refractivity contribution is 4.88.